The number of aromatic nitrogens is 6. The first-order valence-electron chi connectivity index (χ1n) is 5.66. The first kappa shape index (κ1) is 12.0. The molecule has 3 rings (SSSR count). The Bertz CT molecular complexity index is 718. The number of amides is 1. The van der Waals surface area contributed by atoms with Gasteiger partial charge in [0.05, 0.1) is 5.69 Å². The number of anilines is 1. The summed E-state index contributed by atoms with van der Waals surface area (Å²) in [7, 11) is 0. The summed E-state index contributed by atoms with van der Waals surface area (Å²) in [6.45, 7) is 1.76. The van der Waals surface area contributed by atoms with Crippen LogP contribution in [0.4, 0.5) is 5.88 Å². The Balaban J connectivity index is 1.75. The number of rotatable bonds is 3. The summed E-state index contributed by atoms with van der Waals surface area (Å²) in [5, 5.41) is 17.8. The summed E-state index contributed by atoms with van der Waals surface area (Å²) >= 11 is 0. The van der Waals surface area contributed by atoms with Crippen LogP contribution in [0, 0.1) is 6.92 Å². The van der Waals surface area contributed by atoms with E-state index in [1.165, 1.54) is 23.4 Å². The number of nitrogens with zero attached hydrogens (tertiary/aromatic N) is 6. The summed E-state index contributed by atoms with van der Waals surface area (Å²) in [4.78, 5) is 15.7. The molecule has 0 aliphatic rings. The molecule has 3 aromatic rings. The van der Waals surface area contributed by atoms with Crippen molar-refractivity contribution in [3.63, 3.8) is 0 Å². The molecule has 0 radical (unpaired) electrons. The quantitative estimate of drug-likeness (QED) is 0.742. The number of nitrogens with one attached hydrogen (secondary N) is 1. The summed E-state index contributed by atoms with van der Waals surface area (Å²) < 4.78 is 6.33. The molecule has 9 nitrogen and oxygen atoms in total. The largest absolute Gasteiger partial charge is 0.338 e. The van der Waals surface area contributed by atoms with E-state index >= 15 is 0 Å². The second-order valence-corrected chi connectivity index (χ2v) is 3.90. The van der Waals surface area contributed by atoms with Crippen molar-refractivity contribution in [1.82, 2.24) is 30.1 Å². The summed E-state index contributed by atoms with van der Waals surface area (Å²) in [5.41, 5.74) is 0.829. The minimum atomic E-state index is -0.432. The molecule has 0 atom stereocenters. The highest BCUT2D eigenvalue weighted by molar-refractivity contribution is 6.01. The zero-order valence-electron chi connectivity index (χ0n) is 10.4. The second-order valence-electron chi connectivity index (χ2n) is 3.90. The van der Waals surface area contributed by atoms with Crippen molar-refractivity contribution in [2.45, 2.75) is 6.92 Å². The van der Waals surface area contributed by atoms with Crippen LogP contribution in [-0.4, -0.2) is 36.0 Å². The minimum absolute atomic E-state index is 0.155. The Kier molecular flexibility index (Phi) is 2.92. The molecule has 9 heteroatoms. The molecule has 0 aromatic carbocycles. The molecular weight excluding hydrogens is 262 g/mol. The van der Waals surface area contributed by atoms with Gasteiger partial charge in [-0.05, 0) is 19.1 Å². The molecule has 0 saturated heterocycles. The fraction of sp³-hybridized carbons (Fsp3) is 0.0909. The van der Waals surface area contributed by atoms with Crippen LogP contribution in [0.25, 0.3) is 5.82 Å². The molecule has 20 heavy (non-hydrogen) atoms. The Morgan fingerprint density at radius 1 is 1.35 bits per heavy atom. The third kappa shape index (κ3) is 2.36. The van der Waals surface area contributed by atoms with E-state index in [4.69, 9.17) is 4.52 Å². The number of hydrogen-bond acceptors (Lipinski definition) is 7. The molecule has 0 fully saturated rings. The Hall–Kier alpha value is -3.10. The molecule has 0 aliphatic carbocycles. The van der Waals surface area contributed by atoms with Gasteiger partial charge in [0.2, 0.25) is 5.88 Å². The van der Waals surface area contributed by atoms with E-state index in [1.807, 2.05) is 0 Å². The van der Waals surface area contributed by atoms with Crippen LogP contribution in [0.1, 0.15) is 16.2 Å². The lowest BCUT2D eigenvalue weighted by Crippen LogP contribution is -2.14. The van der Waals surface area contributed by atoms with Crippen molar-refractivity contribution in [2.75, 3.05) is 5.32 Å². The molecule has 0 bridgehead atoms. The molecule has 0 aliphatic heterocycles. The standard InChI is InChI=1S/C11H9N7O2/c1-7-4-10(20-17-7)14-11(19)8-2-3-9(16-15-8)18-6-12-5-13-18/h2-6H,1H3,(H,14,19). The van der Waals surface area contributed by atoms with Crippen molar-refractivity contribution in [3.8, 4) is 5.82 Å². The van der Waals surface area contributed by atoms with Crippen LogP contribution in [0.5, 0.6) is 0 Å². The van der Waals surface area contributed by atoms with Gasteiger partial charge in [0.15, 0.2) is 11.5 Å². The summed E-state index contributed by atoms with van der Waals surface area (Å²) in [5.74, 6) is 0.294. The van der Waals surface area contributed by atoms with Gasteiger partial charge in [-0.2, -0.15) is 5.10 Å². The highest BCUT2D eigenvalue weighted by atomic mass is 16.5. The molecule has 1 N–H and O–H groups in total. The number of aryl methyl sites for hydroxylation is 1. The molecule has 3 heterocycles. The normalized spacial score (nSPS) is 10.4. The van der Waals surface area contributed by atoms with Gasteiger partial charge in [0.25, 0.3) is 5.91 Å². The van der Waals surface area contributed by atoms with Crippen LogP contribution < -0.4 is 5.32 Å². The van der Waals surface area contributed by atoms with E-state index in [0.29, 0.717) is 11.5 Å². The van der Waals surface area contributed by atoms with Gasteiger partial charge in [0.1, 0.15) is 12.7 Å². The predicted octanol–water partition coefficient (Wildman–Crippen LogP) is 0.606. The highest BCUT2D eigenvalue weighted by Gasteiger charge is 2.11. The summed E-state index contributed by atoms with van der Waals surface area (Å²) in [6.07, 6.45) is 2.87. The van der Waals surface area contributed by atoms with E-state index in [1.54, 1.807) is 19.1 Å². The SMILES string of the molecule is Cc1cc(NC(=O)c2ccc(-n3cncn3)nn2)on1. The van der Waals surface area contributed by atoms with Crippen LogP contribution in [-0.2, 0) is 0 Å². The lowest BCUT2D eigenvalue weighted by Gasteiger charge is -2.01. The fourth-order valence-corrected chi connectivity index (χ4v) is 1.49. The highest BCUT2D eigenvalue weighted by Crippen LogP contribution is 2.10. The monoisotopic (exact) mass is 271 g/mol. The van der Waals surface area contributed by atoms with Crippen molar-refractivity contribution < 1.29 is 9.32 Å². The lowest BCUT2D eigenvalue weighted by molar-refractivity contribution is 0.101. The van der Waals surface area contributed by atoms with E-state index < -0.39 is 5.91 Å². The van der Waals surface area contributed by atoms with E-state index in [2.05, 4.69) is 30.8 Å². The van der Waals surface area contributed by atoms with Gasteiger partial charge in [-0.1, -0.05) is 5.16 Å². The van der Waals surface area contributed by atoms with E-state index in [9.17, 15) is 4.79 Å². The molecular formula is C11H9N7O2. The van der Waals surface area contributed by atoms with Gasteiger partial charge in [-0.25, -0.2) is 9.67 Å². The van der Waals surface area contributed by atoms with Crippen molar-refractivity contribution in [2.24, 2.45) is 0 Å². The number of carbonyl (C=O) groups is 1. The second kappa shape index (κ2) is 4.88. The Morgan fingerprint density at radius 2 is 2.25 bits per heavy atom. The topological polar surface area (TPSA) is 112 Å². The van der Waals surface area contributed by atoms with Crippen LogP contribution in [0.3, 0.4) is 0 Å². The molecule has 0 saturated carbocycles. The zero-order chi connectivity index (χ0) is 13.9. The Labute approximate surface area is 112 Å². The van der Waals surface area contributed by atoms with Crippen molar-refractivity contribution in [3.05, 3.63) is 42.2 Å². The van der Waals surface area contributed by atoms with Crippen LogP contribution >= 0.6 is 0 Å². The maximum absolute atomic E-state index is 11.9. The lowest BCUT2D eigenvalue weighted by atomic mass is 10.3. The van der Waals surface area contributed by atoms with Gasteiger partial charge < -0.3 is 4.52 Å². The maximum atomic E-state index is 11.9. The zero-order valence-corrected chi connectivity index (χ0v) is 10.4. The van der Waals surface area contributed by atoms with Crippen molar-refractivity contribution in [1.29, 1.82) is 0 Å². The Morgan fingerprint density at radius 3 is 2.85 bits per heavy atom. The smallest absolute Gasteiger partial charge is 0.278 e. The molecule has 3 aromatic heterocycles. The van der Waals surface area contributed by atoms with Crippen LogP contribution in [0.15, 0.2) is 35.4 Å². The molecule has 0 spiro atoms. The average molecular weight is 271 g/mol. The van der Waals surface area contributed by atoms with Gasteiger partial charge in [-0.15, -0.1) is 10.2 Å². The minimum Gasteiger partial charge on any atom is -0.338 e. The van der Waals surface area contributed by atoms with E-state index in [0.717, 1.165) is 0 Å². The fourth-order valence-electron chi connectivity index (χ4n) is 1.49. The van der Waals surface area contributed by atoms with Gasteiger partial charge >= 0.3 is 0 Å². The summed E-state index contributed by atoms with van der Waals surface area (Å²) in [6, 6.07) is 4.75. The maximum Gasteiger partial charge on any atom is 0.278 e. The number of carbonyl (C=O) groups excluding carboxylic acids is 1. The predicted molar refractivity (Wildman–Crippen MR) is 66.1 cm³/mol. The van der Waals surface area contributed by atoms with Gasteiger partial charge in [-0.3, -0.25) is 10.1 Å². The third-order valence-electron chi connectivity index (χ3n) is 2.40. The third-order valence-corrected chi connectivity index (χ3v) is 2.40. The molecule has 0 unspecified atom stereocenters. The van der Waals surface area contributed by atoms with Gasteiger partial charge in [0, 0.05) is 6.07 Å². The van der Waals surface area contributed by atoms with Crippen LogP contribution in [0.2, 0.25) is 0 Å². The average Bonchev–Trinajstić information content (AvgIpc) is 3.11. The van der Waals surface area contributed by atoms with E-state index in [-0.39, 0.29) is 11.6 Å². The first-order chi connectivity index (χ1) is 9.72. The molecule has 1 amide bonds. The molecule has 100 valence electrons. The number of hydrogen-bond donors (Lipinski definition) is 1. The first-order valence-corrected chi connectivity index (χ1v) is 5.66. The van der Waals surface area contributed by atoms with Crippen molar-refractivity contribution >= 4 is 11.8 Å².